The molecule has 0 aliphatic carbocycles. The highest BCUT2D eigenvalue weighted by Crippen LogP contribution is 2.27. The van der Waals surface area contributed by atoms with Crippen molar-refractivity contribution in [2.45, 2.75) is 26.3 Å². The molecule has 2 rings (SSSR count). The molecule has 3 N–H and O–H groups in total. The zero-order valence-corrected chi connectivity index (χ0v) is 13.2. The Hall–Kier alpha value is -1.59. The summed E-state index contributed by atoms with van der Waals surface area (Å²) < 4.78 is 0. The van der Waals surface area contributed by atoms with Crippen molar-refractivity contribution in [2.24, 2.45) is 11.7 Å². The van der Waals surface area contributed by atoms with Crippen LogP contribution in [0.1, 0.15) is 19.4 Å². The number of nitrogens with zero attached hydrogens (tertiary/aromatic N) is 1. The van der Waals surface area contributed by atoms with Gasteiger partial charge in [0.25, 0.3) is 0 Å². The second-order valence-electron chi connectivity index (χ2n) is 5.41. The Morgan fingerprint density at radius 2 is 2.05 bits per heavy atom. The van der Waals surface area contributed by atoms with Crippen molar-refractivity contribution < 1.29 is 9.59 Å². The van der Waals surface area contributed by atoms with Gasteiger partial charge in [0.2, 0.25) is 11.8 Å². The number of carbonyl (C=O) groups is 2. The molecule has 1 aromatic rings. The number of carbonyl (C=O) groups excluding carboxylic acids is 2. The monoisotopic (exact) mass is 311 g/mol. The van der Waals surface area contributed by atoms with Crippen LogP contribution in [0.15, 0.2) is 24.3 Å². The number of nitrogens with two attached hydrogens (primary N) is 1. The third-order valence-corrected chi connectivity index (χ3v) is 3.58. The maximum atomic E-state index is 11.9. The molecule has 0 saturated heterocycles. The lowest BCUT2D eigenvalue weighted by molar-refractivity contribution is -0.123. The maximum absolute atomic E-state index is 11.9. The second kappa shape index (κ2) is 7.43. The van der Waals surface area contributed by atoms with E-state index in [1.165, 1.54) is 0 Å². The van der Waals surface area contributed by atoms with Gasteiger partial charge in [0.05, 0.1) is 12.5 Å². The van der Waals surface area contributed by atoms with Crippen molar-refractivity contribution in [2.75, 3.05) is 18.0 Å². The molecular weight excluding hydrogens is 290 g/mol. The molecule has 5 nitrogen and oxygen atoms in total. The van der Waals surface area contributed by atoms with E-state index in [4.69, 9.17) is 5.73 Å². The first-order valence-corrected chi connectivity index (χ1v) is 6.92. The summed E-state index contributed by atoms with van der Waals surface area (Å²) in [5, 5.41) is 2.78. The number of hydrogen-bond donors (Lipinski definition) is 2. The van der Waals surface area contributed by atoms with E-state index in [0.29, 0.717) is 19.5 Å². The lowest BCUT2D eigenvalue weighted by atomic mass is 10.1. The third kappa shape index (κ3) is 3.95. The van der Waals surface area contributed by atoms with E-state index >= 15 is 0 Å². The lowest BCUT2D eigenvalue weighted by Gasteiger charge is -2.19. The topological polar surface area (TPSA) is 75.4 Å². The van der Waals surface area contributed by atoms with Crippen molar-refractivity contribution in [1.82, 2.24) is 5.32 Å². The van der Waals surface area contributed by atoms with E-state index in [0.717, 1.165) is 11.3 Å². The molecule has 0 radical (unpaired) electrons. The SMILES string of the molecule is CC(C)[C@H](N)C(=O)NCCN1C(=O)Cc2ccccc21.Cl. The summed E-state index contributed by atoms with van der Waals surface area (Å²) in [7, 11) is 0. The van der Waals surface area contributed by atoms with Gasteiger partial charge in [0.15, 0.2) is 0 Å². The largest absolute Gasteiger partial charge is 0.353 e. The molecule has 0 fully saturated rings. The van der Waals surface area contributed by atoms with E-state index < -0.39 is 6.04 Å². The Bertz CT molecular complexity index is 519. The van der Waals surface area contributed by atoms with Crippen LogP contribution in [0.3, 0.4) is 0 Å². The standard InChI is InChI=1S/C15H21N3O2.ClH/c1-10(2)14(16)15(20)17-7-8-18-12-6-4-3-5-11(12)9-13(18)19;/h3-6,10,14H,7-9,16H2,1-2H3,(H,17,20);1H/t14-;/m0./s1. The molecule has 1 aromatic carbocycles. The average Bonchev–Trinajstić information content (AvgIpc) is 2.74. The summed E-state index contributed by atoms with van der Waals surface area (Å²) in [6, 6.07) is 7.23. The number of hydrogen-bond acceptors (Lipinski definition) is 3. The van der Waals surface area contributed by atoms with Gasteiger partial charge < -0.3 is 16.0 Å². The zero-order chi connectivity index (χ0) is 14.7. The summed E-state index contributed by atoms with van der Waals surface area (Å²) in [5.41, 5.74) is 7.75. The van der Waals surface area contributed by atoms with E-state index in [-0.39, 0.29) is 30.1 Å². The van der Waals surface area contributed by atoms with Crippen molar-refractivity contribution >= 4 is 29.9 Å². The molecule has 1 aliphatic rings. The first-order valence-electron chi connectivity index (χ1n) is 6.92. The van der Waals surface area contributed by atoms with Crippen LogP contribution in [-0.2, 0) is 16.0 Å². The molecule has 0 saturated carbocycles. The predicted molar refractivity (Wildman–Crippen MR) is 85.6 cm³/mol. The van der Waals surface area contributed by atoms with Crippen molar-refractivity contribution in [3.8, 4) is 0 Å². The molecule has 0 spiro atoms. The summed E-state index contributed by atoms with van der Waals surface area (Å²) >= 11 is 0. The van der Waals surface area contributed by atoms with Crippen LogP contribution in [0.25, 0.3) is 0 Å². The van der Waals surface area contributed by atoms with Gasteiger partial charge in [-0.2, -0.15) is 0 Å². The van der Waals surface area contributed by atoms with Crippen molar-refractivity contribution in [3.63, 3.8) is 0 Å². The fraction of sp³-hybridized carbons (Fsp3) is 0.467. The Kier molecular flexibility index (Phi) is 6.18. The lowest BCUT2D eigenvalue weighted by Crippen LogP contribution is -2.46. The molecule has 1 heterocycles. The molecule has 0 unspecified atom stereocenters. The number of anilines is 1. The molecule has 1 atom stereocenters. The van der Waals surface area contributed by atoms with Gasteiger partial charge in [0, 0.05) is 18.8 Å². The number of halogens is 1. The number of nitrogens with one attached hydrogen (secondary N) is 1. The van der Waals surface area contributed by atoms with Crippen LogP contribution in [0.5, 0.6) is 0 Å². The highest BCUT2D eigenvalue weighted by molar-refractivity contribution is 6.01. The van der Waals surface area contributed by atoms with Gasteiger partial charge >= 0.3 is 0 Å². The van der Waals surface area contributed by atoms with Crippen LogP contribution < -0.4 is 16.0 Å². The minimum Gasteiger partial charge on any atom is -0.353 e. The van der Waals surface area contributed by atoms with Gasteiger partial charge in [-0.1, -0.05) is 32.0 Å². The molecular formula is C15H22ClN3O2. The maximum Gasteiger partial charge on any atom is 0.237 e. The summed E-state index contributed by atoms with van der Waals surface area (Å²) in [6.45, 7) is 4.71. The quantitative estimate of drug-likeness (QED) is 0.855. The van der Waals surface area contributed by atoms with Gasteiger partial charge in [-0.25, -0.2) is 0 Å². The average molecular weight is 312 g/mol. The second-order valence-corrected chi connectivity index (χ2v) is 5.41. The van der Waals surface area contributed by atoms with Crippen LogP contribution in [0.4, 0.5) is 5.69 Å². The molecule has 2 amide bonds. The third-order valence-electron chi connectivity index (χ3n) is 3.58. The highest BCUT2D eigenvalue weighted by atomic mass is 35.5. The Morgan fingerprint density at radius 3 is 2.71 bits per heavy atom. The fourth-order valence-electron chi connectivity index (χ4n) is 2.27. The van der Waals surface area contributed by atoms with Gasteiger partial charge in [-0.05, 0) is 17.5 Å². The fourth-order valence-corrected chi connectivity index (χ4v) is 2.27. The number of para-hydroxylation sites is 1. The van der Waals surface area contributed by atoms with Crippen LogP contribution in [0, 0.1) is 5.92 Å². The van der Waals surface area contributed by atoms with Gasteiger partial charge in [-0.3, -0.25) is 9.59 Å². The van der Waals surface area contributed by atoms with Gasteiger partial charge in [-0.15, -0.1) is 12.4 Å². The first-order chi connectivity index (χ1) is 9.50. The minimum absolute atomic E-state index is 0. The number of rotatable bonds is 5. The number of benzene rings is 1. The van der Waals surface area contributed by atoms with E-state index in [1.807, 2.05) is 38.1 Å². The van der Waals surface area contributed by atoms with Crippen LogP contribution >= 0.6 is 12.4 Å². The predicted octanol–water partition coefficient (Wildman–Crippen LogP) is 1.10. The minimum atomic E-state index is -0.503. The van der Waals surface area contributed by atoms with Crippen molar-refractivity contribution in [1.29, 1.82) is 0 Å². The van der Waals surface area contributed by atoms with Crippen molar-refractivity contribution in [3.05, 3.63) is 29.8 Å². The molecule has 6 heteroatoms. The van der Waals surface area contributed by atoms with Crippen LogP contribution in [-0.4, -0.2) is 30.9 Å². The zero-order valence-electron chi connectivity index (χ0n) is 12.3. The smallest absolute Gasteiger partial charge is 0.237 e. The highest BCUT2D eigenvalue weighted by Gasteiger charge is 2.26. The Morgan fingerprint density at radius 1 is 1.38 bits per heavy atom. The number of amides is 2. The molecule has 21 heavy (non-hydrogen) atoms. The Labute approximate surface area is 131 Å². The molecule has 0 bridgehead atoms. The summed E-state index contributed by atoms with van der Waals surface area (Å²) in [4.78, 5) is 25.4. The first kappa shape index (κ1) is 17.5. The normalized spacial score (nSPS) is 14.7. The molecule has 1 aliphatic heterocycles. The molecule has 116 valence electrons. The summed E-state index contributed by atoms with van der Waals surface area (Å²) in [6.07, 6.45) is 0.440. The van der Waals surface area contributed by atoms with E-state index in [2.05, 4.69) is 5.32 Å². The molecule has 0 aromatic heterocycles. The Balaban J connectivity index is 0.00000220. The van der Waals surface area contributed by atoms with Crippen LogP contribution in [0.2, 0.25) is 0 Å². The van der Waals surface area contributed by atoms with Gasteiger partial charge in [0.1, 0.15) is 0 Å². The number of fused-ring (bicyclic) bond motifs is 1. The van der Waals surface area contributed by atoms with E-state index in [1.54, 1.807) is 4.90 Å². The van der Waals surface area contributed by atoms with E-state index in [9.17, 15) is 9.59 Å². The summed E-state index contributed by atoms with van der Waals surface area (Å²) in [5.74, 6) is 0.0117.